The van der Waals surface area contributed by atoms with Gasteiger partial charge in [-0.3, -0.25) is 0 Å². The van der Waals surface area contributed by atoms with Crippen LogP contribution in [-0.2, 0) is 26.5 Å². The van der Waals surface area contributed by atoms with Gasteiger partial charge >= 0.3 is 0 Å². The topological polar surface area (TPSA) is 38.9 Å². The first-order valence-corrected chi connectivity index (χ1v) is 20.7. The fourth-order valence-corrected chi connectivity index (χ4v) is 8.46. The molecule has 6 heteroatoms. The van der Waals surface area contributed by atoms with E-state index in [4.69, 9.17) is 9.40 Å². The van der Waals surface area contributed by atoms with Crippen LogP contribution >= 0.6 is 0 Å². The van der Waals surface area contributed by atoms with Crippen molar-refractivity contribution in [3.63, 3.8) is 0 Å². The van der Waals surface area contributed by atoms with Gasteiger partial charge in [0, 0.05) is 37.9 Å². The van der Waals surface area contributed by atoms with Crippen molar-refractivity contribution in [3.8, 4) is 33.6 Å². The zero-order chi connectivity index (χ0) is 35.8. The summed E-state index contributed by atoms with van der Waals surface area (Å²) in [5.41, 5.74) is 12.5. The molecule has 0 fully saturated rings. The molecule has 0 saturated carbocycles. The van der Waals surface area contributed by atoms with E-state index in [1.807, 2.05) is 30.3 Å². The van der Waals surface area contributed by atoms with E-state index < -0.39 is 8.07 Å². The molecule has 3 aromatic heterocycles. The summed E-state index contributed by atoms with van der Waals surface area (Å²) < 4.78 is 20.4. The van der Waals surface area contributed by atoms with Gasteiger partial charge in [0.25, 0.3) is 0 Å². The molecular weight excluding hydrogens is 824 g/mol. The molecule has 0 N–H and O–H groups in total. The fraction of sp³-hybridized carbons (Fsp3) is 0.244. The number of aromatic nitrogens is 2. The summed E-state index contributed by atoms with van der Waals surface area (Å²) in [5.74, 6) is -0.286. The Kier molecular flexibility index (Phi) is 11.3. The molecule has 0 aliphatic carbocycles. The van der Waals surface area contributed by atoms with Gasteiger partial charge in [0.2, 0.25) is 0 Å². The quantitative estimate of drug-likeness (QED) is 0.128. The number of benzene rings is 4. The maximum Gasteiger partial charge on any atom is 0.133 e. The van der Waals surface area contributed by atoms with Crippen molar-refractivity contribution in [2.75, 3.05) is 0 Å². The fourth-order valence-electron chi connectivity index (χ4n) is 6.89. The predicted octanol–water partition coefficient (Wildman–Crippen LogP) is 11.9. The molecule has 0 aliphatic heterocycles. The van der Waals surface area contributed by atoms with Gasteiger partial charge < -0.3 is 14.4 Å². The van der Waals surface area contributed by atoms with Gasteiger partial charge in [0.1, 0.15) is 11.4 Å². The number of hydrogen-bond acceptors (Lipinski definition) is 3. The van der Waals surface area contributed by atoms with E-state index in [2.05, 4.69) is 115 Å². The maximum atomic E-state index is 14.4. The molecule has 263 valence electrons. The Morgan fingerprint density at radius 3 is 2.22 bits per heavy atom. The van der Waals surface area contributed by atoms with Gasteiger partial charge in [-0.2, -0.15) is 0 Å². The molecule has 3 nitrogen and oxygen atoms in total. The van der Waals surface area contributed by atoms with Crippen molar-refractivity contribution in [3.05, 3.63) is 138 Å². The van der Waals surface area contributed by atoms with E-state index in [-0.39, 0.29) is 31.3 Å². The maximum absolute atomic E-state index is 14.4. The number of aryl methyl sites for hydroxylation is 3. The second-order valence-corrected chi connectivity index (χ2v) is 20.5. The number of fused-ring (bicyclic) bond motifs is 3. The largest absolute Gasteiger partial charge is 0.500 e. The molecule has 4 aromatic carbocycles. The van der Waals surface area contributed by atoms with Crippen molar-refractivity contribution in [2.45, 2.75) is 67.6 Å². The zero-order valence-corrected chi connectivity index (χ0v) is 34.4. The van der Waals surface area contributed by atoms with Crippen molar-refractivity contribution in [1.82, 2.24) is 9.97 Å². The molecule has 3 heterocycles. The zero-order valence-electron chi connectivity index (χ0n) is 31.0. The number of halogens is 1. The Labute approximate surface area is 316 Å². The monoisotopic (exact) mass is 869 g/mol. The number of nitrogens with zero attached hydrogens (tertiary/aromatic N) is 2. The van der Waals surface area contributed by atoms with Crippen LogP contribution < -0.4 is 5.19 Å². The van der Waals surface area contributed by atoms with Gasteiger partial charge in [0.15, 0.2) is 0 Å². The molecule has 0 amide bonds. The average Bonchev–Trinajstić information content (AvgIpc) is 3.44. The molecule has 1 radical (unpaired) electrons. The summed E-state index contributed by atoms with van der Waals surface area (Å²) in [6.45, 7) is 20.5. The molecule has 7 aromatic rings. The van der Waals surface area contributed by atoms with Crippen LogP contribution in [0.25, 0.3) is 55.6 Å². The normalized spacial score (nSPS) is 11.6. The predicted molar refractivity (Wildman–Crippen MR) is 210 cm³/mol. The van der Waals surface area contributed by atoms with Crippen LogP contribution in [0.15, 0.2) is 102 Å². The van der Waals surface area contributed by atoms with Crippen LogP contribution in [0.3, 0.4) is 0 Å². The van der Waals surface area contributed by atoms with Gasteiger partial charge in [-0.25, -0.2) is 4.39 Å². The van der Waals surface area contributed by atoms with E-state index in [1.165, 1.54) is 39.1 Å². The van der Waals surface area contributed by atoms with E-state index in [0.717, 1.165) is 39.9 Å². The molecule has 0 saturated heterocycles. The van der Waals surface area contributed by atoms with Gasteiger partial charge in [-0.1, -0.05) is 92.8 Å². The second kappa shape index (κ2) is 15.2. The molecule has 0 bridgehead atoms. The third kappa shape index (κ3) is 8.47. The first-order chi connectivity index (χ1) is 23.7. The van der Waals surface area contributed by atoms with E-state index in [0.29, 0.717) is 16.6 Å². The Balaban J connectivity index is 0.000000205. The smallest absolute Gasteiger partial charge is 0.133 e. The van der Waals surface area contributed by atoms with Crippen LogP contribution in [0.1, 0.15) is 43.0 Å². The first-order valence-electron chi connectivity index (χ1n) is 17.2. The number of rotatable bonds is 5. The Bertz CT molecular complexity index is 2290. The van der Waals surface area contributed by atoms with Gasteiger partial charge in [-0.15, -0.1) is 54.1 Å². The van der Waals surface area contributed by atoms with Crippen molar-refractivity contribution >= 4 is 35.2 Å². The molecule has 0 atom stereocenters. The standard InChI is InChI=1S/C26H19FNO.C19H26NSi.Ir/c1-15-12-16(2)24(17(3)13-15)18-10-11-28-22(14-18)19-6-4-7-20-25-21(27)8-5-9-23(25)29-26(19)20;1-19(2,3)13-16-12-17(15-10-8-7-9-11-15)20-14-18(16)21(4,5)6;/h4-5,7-14H,1-3H3;7-10,12,14H,13H2,1-6H3;/q2*-1;. The van der Waals surface area contributed by atoms with Gasteiger partial charge in [-0.05, 0) is 89.6 Å². The Morgan fingerprint density at radius 1 is 0.804 bits per heavy atom. The third-order valence-corrected chi connectivity index (χ3v) is 11.0. The van der Waals surface area contributed by atoms with Gasteiger partial charge in [0.05, 0.1) is 13.7 Å². The molecule has 0 spiro atoms. The molecule has 7 rings (SSSR count). The number of hydrogen-bond donors (Lipinski definition) is 0. The third-order valence-electron chi connectivity index (χ3n) is 8.89. The first kappa shape index (κ1) is 38.0. The summed E-state index contributed by atoms with van der Waals surface area (Å²) in [6, 6.07) is 33.9. The summed E-state index contributed by atoms with van der Waals surface area (Å²) in [5, 5.41) is 2.72. The molecule has 51 heavy (non-hydrogen) atoms. The van der Waals surface area contributed by atoms with Crippen LogP contribution in [0.2, 0.25) is 19.6 Å². The summed E-state index contributed by atoms with van der Waals surface area (Å²) >= 11 is 0. The summed E-state index contributed by atoms with van der Waals surface area (Å²) in [7, 11) is -1.37. The average molecular weight is 869 g/mol. The van der Waals surface area contributed by atoms with E-state index >= 15 is 0 Å². The van der Waals surface area contributed by atoms with Crippen LogP contribution in [0.4, 0.5) is 4.39 Å². The van der Waals surface area contributed by atoms with Crippen molar-refractivity contribution in [1.29, 1.82) is 0 Å². The number of pyridine rings is 2. The van der Waals surface area contributed by atoms with Crippen molar-refractivity contribution < 1.29 is 28.9 Å². The molecule has 0 aliphatic rings. The molecule has 0 unspecified atom stereocenters. The minimum Gasteiger partial charge on any atom is -0.500 e. The van der Waals surface area contributed by atoms with Crippen LogP contribution in [-0.4, -0.2) is 18.0 Å². The summed E-state index contributed by atoms with van der Waals surface area (Å²) in [6.07, 6.45) is 5.01. The van der Waals surface area contributed by atoms with E-state index in [1.54, 1.807) is 24.4 Å². The Hall–Kier alpha value is -4.22. The van der Waals surface area contributed by atoms with Crippen LogP contribution in [0, 0.1) is 44.1 Å². The van der Waals surface area contributed by atoms with Crippen molar-refractivity contribution in [2.24, 2.45) is 5.41 Å². The van der Waals surface area contributed by atoms with E-state index in [9.17, 15) is 4.39 Å². The minimum atomic E-state index is -1.37. The molecular formula is C45H45FIrN2OSi-2. The number of furan rings is 1. The Morgan fingerprint density at radius 2 is 1.55 bits per heavy atom. The second-order valence-electron chi connectivity index (χ2n) is 15.5. The summed E-state index contributed by atoms with van der Waals surface area (Å²) in [4.78, 5) is 9.28. The SMILES string of the molecule is CC(C)(C)Cc1cc(-c2[c-]cccc2)ncc1[Si](C)(C)C.Cc1cc(C)c(-c2ccnc(-c3[c-]ccc4c3oc3cccc(F)c34)c2)c(C)c1.[Ir]. The minimum absolute atomic E-state index is 0. The van der Waals surface area contributed by atoms with Crippen LogP contribution in [0.5, 0.6) is 0 Å².